The van der Waals surface area contributed by atoms with E-state index in [1.807, 2.05) is 43.5 Å². The van der Waals surface area contributed by atoms with Gasteiger partial charge >= 0.3 is 0 Å². The topological polar surface area (TPSA) is 159 Å². The van der Waals surface area contributed by atoms with Crippen LogP contribution in [0.2, 0.25) is 0 Å². The number of nitrogens with one attached hydrogen (secondary N) is 2. The summed E-state index contributed by atoms with van der Waals surface area (Å²) in [5.41, 5.74) is 6.10. The molecule has 2 unspecified atom stereocenters. The Labute approximate surface area is 321 Å². The van der Waals surface area contributed by atoms with Gasteiger partial charge in [0.25, 0.3) is 17.7 Å². The second-order valence-electron chi connectivity index (χ2n) is 16.1. The SMILES string of the molecule is Cc1cc(N(C)C2CCC(NC(=O)C3=CCC(CN4CCC(N5Cc6cc7c(cc6C5)C(=O)N(C5CCC(=O)NC5=O)C7=O)CC4)C=N3)CC2)ccc1C#N. The first-order valence-electron chi connectivity index (χ1n) is 19.7. The number of fused-ring (bicyclic) bond motifs is 2. The van der Waals surface area contributed by atoms with Crippen molar-refractivity contribution in [3.05, 3.63) is 75.5 Å². The number of anilines is 1. The smallest absolute Gasteiger partial charge is 0.269 e. The summed E-state index contributed by atoms with van der Waals surface area (Å²) in [5.74, 6) is -1.73. The predicted octanol–water partition coefficient (Wildman–Crippen LogP) is 3.59. The molecular formula is C42H48N8O5. The lowest BCUT2D eigenvalue weighted by atomic mass is 9.89. The molecule has 5 heterocycles. The number of likely N-dealkylation sites (tertiary alicyclic amines) is 1. The molecule has 0 radical (unpaired) electrons. The van der Waals surface area contributed by atoms with Crippen molar-refractivity contribution in [3.8, 4) is 6.07 Å². The summed E-state index contributed by atoms with van der Waals surface area (Å²) < 4.78 is 0. The van der Waals surface area contributed by atoms with E-state index in [-0.39, 0.29) is 36.6 Å². The van der Waals surface area contributed by atoms with Gasteiger partial charge in [-0.1, -0.05) is 6.08 Å². The van der Waals surface area contributed by atoms with Gasteiger partial charge in [-0.2, -0.15) is 5.26 Å². The number of imide groups is 2. The Kier molecular flexibility index (Phi) is 10.1. The van der Waals surface area contributed by atoms with Crippen molar-refractivity contribution in [2.24, 2.45) is 10.9 Å². The summed E-state index contributed by atoms with van der Waals surface area (Å²) in [4.78, 5) is 76.7. The van der Waals surface area contributed by atoms with E-state index in [4.69, 9.17) is 0 Å². The molecule has 6 aliphatic rings. The first-order valence-corrected chi connectivity index (χ1v) is 19.7. The minimum atomic E-state index is -0.958. The Hall–Kier alpha value is -5.19. The Morgan fingerprint density at radius 2 is 1.65 bits per heavy atom. The van der Waals surface area contributed by atoms with E-state index in [0.717, 1.165) is 105 Å². The summed E-state index contributed by atoms with van der Waals surface area (Å²) in [5, 5.41) is 14.7. The Morgan fingerprint density at radius 3 is 2.25 bits per heavy atom. The van der Waals surface area contributed by atoms with Crippen LogP contribution in [0.5, 0.6) is 0 Å². The van der Waals surface area contributed by atoms with Crippen molar-refractivity contribution in [1.29, 1.82) is 5.26 Å². The van der Waals surface area contributed by atoms with Crippen LogP contribution in [0.15, 0.2) is 47.1 Å². The van der Waals surface area contributed by atoms with E-state index in [1.54, 1.807) is 0 Å². The first-order chi connectivity index (χ1) is 26.6. The zero-order valence-electron chi connectivity index (χ0n) is 31.6. The van der Waals surface area contributed by atoms with Crippen molar-refractivity contribution in [3.63, 3.8) is 0 Å². The average molecular weight is 745 g/mol. The molecular weight excluding hydrogens is 697 g/mol. The maximum Gasteiger partial charge on any atom is 0.269 e. The van der Waals surface area contributed by atoms with Crippen molar-refractivity contribution < 1.29 is 24.0 Å². The molecule has 286 valence electrons. The lowest BCUT2D eigenvalue weighted by Gasteiger charge is -2.37. The molecule has 5 amide bonds. The van der Waals surface area contributed by atoms with Crippen molar-refractivity contribution in [2.75, 3.05) is 31.6 Å². The molecule has 0 aromatic heterocycles. The van der Waals surface area contributed by atoms with Gasteiger partial charge in [0.15, 0.2) is 0 Å². The lowest BCUT2D eigenvalue weighted by molar-refractivity contribution is -0.136. The van der Waals surface area contributed by atoms with E-state index < -0.39 is 23.8 Å². The molecule has 2 saturated heterocycles. The number of amides is 5. The minimum Gasteiger partial charge on any atom is -0.372 e. The zero-order valence-corrected chi connectivity index (χ0v) is 31.6. The second kappa shape index (κ2) is 15.2. The Bertz CT molecular complexity index is 1990. The number of hydrogen-bond acceptors (Lipinski definition) is 10. The van der Waals surface area contributed by atoms with Gasteiger partial charge in [-0.15, -0.1) is 0 Å². The molecule has 2 N–H and O–H groups in total. The fourth-order valence-electron chi connectivity index (χ4n) is 9.36. The third-order valence-electron chi connectivity index (χ3n) is 12.7. The highest BCUT2D eigenvalue weighted by molar-refractivity contribution is 6.23. The van der Waals surface area contributed by atoms with Gasteiger partial charge in [-0.25, -0.2) is 0 Å². The summed E-state index contributed by atoms with van der Waals surface area (Å²) >= 11 is 0. The summed E-state index contributed by atoms with van der Waals surface area (Å²) in [6.45, 7) is 6.24. The maximum atomic E-state index is 13.3. The molecule has 2 atom stereocenters. The summed E-state index contributed by atoms with van der Waals surface area (Å²) in [7, 11) is 2.11. The number of hydrogen-bond donors (Lipinski definition) is 2. The number of benzene rings is 2. The van der Waals surface area contributed by atoms with Crippen LogP contribution < -0.4 is 15.5 Å². The number of aryl methyl sites for hydroxylation is 1. The third-order valence-corrected chi connectivity index (χ3v) is 12.7. The van der Waals surface area contributed by atoms with Crippen LogP contribution in [0.4, 0.5) is 5.69 Å². The highest BCUT2D eigenvalue weighted by Gasteiger charge is 2.45. The maximum absolute atomic E-state index is 13.3. The van der Waals surface area contributed by atoms with Crippen LogP contribution in [-0.2, 0) is 27.5 Å². The molecule has 8 rings (SSSR count). The van der Waals surface area contributed by atoms with Crippen LogP contribution in [0, 0.1) is 24.2 Å². The molecule has 0 spiro atoms. The van der Waals surface area contributed by atoms with E-state index in [9.17, 15) is 29.2 Å². The van der Waals surface area contributed by atoms with E-state index in [1.165, 1.54) is 0 Å². The molecule has 55 heavy (non-hydrogen) atoms. The number of nitrogens with zero attached hydrogens (tertiary/aromatic N) is 6. The highest BCUT2D eigenvalue weighted by Crippen LogP contribution is 2.35. The summed E-state index contributed by atoms with van der Waals surface area (Å²) in [6, 6.07) is 11.9. The van der Waals surface area contributed by atoms with E-state index in [0.29, 0.717) is 34.5 Å². The molecule has 5 aliphatic heterocycles. The average Bonchev–Trinajstić information content (AvgIpc) is 3.71. The van der Waals surface area contributed by atoms with Gasteiger partial charge in [0.1, 0.15) is 11.7 Å². The molecule has 13 heteroatoms. The van der Waals surface area contributed by atoms with Crippen LogP contribution in [0.3, 0.4) is 0 Å². The third kappa shape index (κ3) is 7.33. The van der Waals surface area contributed by atoms with Gasteiger partial charge in [0.05, 0.1) is 22.8 Å². The van der Waals surface area contributed by atoms with Crippen molar-refractivity contribution in [2.45, 2.75) is 102 Å². The number of nitriles is 1. The van der Waals surface area contributed by atoms with Crippen LogP contribution in [0.1, 0.15) is 101 Å². The monoisotopic (exact) mass is 744 g/mol. The standard InChI is InChI=1S/C42H48N8O5/c1-25-17-33(7-4-27(25)20-43)47(2)31-8-5-30(6-9-31)45-39(52)36-10-3-26(21-44-36)22-48-15-13-32(14-16-48)49-23-28-18-34-35(19-29(28)24-49)42(55)50(41(34)54)37-11-12-38(51)46-40(37)53/h4,7,10,17-19,21,26,30-32,37H,3,5-6,8-9,11-16,22-24H2,1-2H3,(H,45,52)(H,46,51,53). The lowest BCUT2D eigenvalue weighted by Crippen LogP contribution is -2.54. The number of piperidine rings is 2. The van der Waals surface area contributed by atoms with Gasteiger partial charge < -0.3 is 15.1 Å². The zero-order chi connectivity index (χ0) is 38.4. The van der Waals surface area contributed by atoms with Gasteiger partial charge in [0.2, 0.25) is 11.8 Å². The van der Waals surface area contributed by atoms with Crippen LogP contribution >= 0.6 is 0 Å². The predicted molar refractivity (Wildman–Crippen MR) is 205 cm³/mol. The number of allylic oxidation sites excluding steroid dienone is 1. The molecule has 1 aliphatic carbocycles. The summed E-state index contributed by atoms with van der Waals surface area (Å²) in [6.07, 6.45) is 10.8. The Morgan fingerprint density at radius 1 is 0.964 bits per heavy atom. The second-order valence-corrected chi connectivity index (χ2v) is 16.1. The van der Waals surface area contributed by atoms with Gasteiger partial charge in [-0.05, 0) is 118 Å². The molecule has 2 aromatic carbocycles. The van der Waals surface area contributed by atoms with Crippen LogP contribution in [0.25, 0.3) is 0 Å². The fourth-order valence-corrected chi connectivity index (χ4v) is 9.36. The largest absolute Gasteiger partial charge is 0.372 e. The first kappa shape index (κ1) is 36.8. The fraction of sp³-hybridized carbons (Fsp3) is 0.500. The molecule has 13 nitrogen and oxygen atoms in total. The van der Waals surface area contributed by atoms with Gasteiger partial charge in [-0.3, -0.25) is 44.1 Å². The number of carbonyl (C=O) groups excluding carboxylic acids is 5. The van der Waals surface area contributed by atoms with Crippen molar-refractivity contribution in [1.82, 2.24) is 25.3 Å². The quantitative estimate of drug-likeness (QED) is 0.386. The van der Waals surface area contributed by atoms with Crippen LogP contribution in [-0.4, -0.2) is 101 Å². The normalized spacial score (nSPS) is 26.0. The highest BCUT2D eigenvalue weighted by atomic mass is 16.2. The molecule has 1 saturated carbocycles. The van der Waals surface area contributed by atoms with Crippen molar-refractivity contribution >= 4 is 41.4 Å². The minimum absolute atomic E-state index is 0.0905. The van der Waals surface area contributed by atoms with E-state index >= 15 is 0 Å². The number of rotatable bonds is 8. The van der Waals surface area contributed by atoms with Gasteiger partial charge in [0, 0.05) is 69.0 Å². The molecule has 0 bridgehead atoms. The number of aliphatic imine (C=N–C) groups is 1. The van der Waals surface area contributed by atoms with E-state index in [2.05, 4.69) is 49.5 Å². The molecule has 2 aromatic rings. The Balaban J connectivity index is 0.764. The molecule has 3 fully saturated rings. The number of carbonyl (C=O) groups is 5.